The second kappa shape index (κ2) is 6.07. The maximum atomic E-state index is 5.67. The van der Waals surface area contributed by atoms with E-state index in [-0.39, 0.29) is 0 Å². The van der Waals surface area contributed by atoms with E-state index in [1.807, 2.05) is 12.1 Å². The normalized spacial score (nSPS) is 18.3. The Morgan fingerprint density at radius 1 is 1.44 bits per heavy atom. The maximum Gasteiger partial charge on any atom is 0.124 e. The Balaban J connectivity index is 2.06. The Labute approximate surface area is 109 Å². The molecule has 0 bridgehead atoms. The molecule has 4 heteroatoms. The van der Waals surface area contributed by atoms with Gasteiger partial charge in [0.2, 0.25) is 0 Å². The van der Waals surface area contributed by atoms with Crippen molar-refractivity contribution in [2.24, 2.45) is 0 Å². The summed E-state index contributed by atoms with van der Waals surface area (Å²) in [4.78, 5) is 2.18. The highest BCUT2D eigenvalue weighted by atomic mass is 16.5. The number of likely N-dealkylation sites (N-methyl/N-ethyl adjacent to an activating group) is 1. The molecule has 0 radical (unpaired) electrons. The van der Waals surface area contributed by atoms with Crippen molar-refractivity contribution in [3.8, 4) is 11.5 Å². The van der Waals surface area contributed by atoms with E-state index in [1.165, 1.54) is 5.56 Å². The number of hydrogen-bond donors (Lipinski definition) is 1. The van der Waals surface area contributed by atoms with Crippen LogP contribution in [-0.4, -0.2) is 45.8 Å². The molecule has 1 heterocycles. The molecule has 0 aromatic heterocycles. The highest BCUT2D eigenvalue weighted by Crippen LogP contribution is 2.34. The molecule has 0 amide bonds. The molecule has 1 aromatic rings. The van der Waals surface area contributed by atoms with Crippen LogP contribution in [0.5, 0.6) is 11.5 Å². The van der Waals surface area contributed by atoms with Gasteiger partial charge in [0, 0.05) is 31.1 Å². The second-order valence-electron chi connectivity index (χ2n) is 4.85. The Kier molecular flexibility index (Phi) is 4.44. The first-order valence-electron chi connectivity index (χ1n) is 6.39. The number of methoxy groups -OCH3 is 1. The number of nitrogens with zero attached hydrogens (tertiary/aromatic N) is 1. The van der Waals surface area contributed by atoms with Crippen LogP contribution in [0.25, 0.3) is 0 Å². The SMILES string of the molecule is COc1ccc2c(c1)C(NCCN(C)C)CCO2. The molecule has 1 aromatic carbocycles. The van der Waals surface area contributed by atoms with Gasteiger partial charge in [0.1, 0.15) is 11.5 Å². The van der Waals surface area contributed by atoms with Gasteiger partial charge in [0.05, 0.1) is 13.7 Å². The molecule has 0 fully saturated rings. The molecular weight excluding hydrogens is 228 g/mol. The fourth-order valence-corrected chi connectivity index (χ4v) is 2.17. The van der Waals surface area contributed by atoms with Crippen LogP contribution >= 0.6 is 0 Å². The number of nitrogens with one attached hydrogen (secondary N) is 1. The first-order chi connectivity index (χ1) is 8.70. The standard InChI is InChI=1S/C14H22N2O2/c1-16(2)8-7-15-13-6-9-18-14-5-4-11(17-3)10-12(13)14/h4-5,10,13,15H,6-9H2,1-3H3. The van der Waals surface area contributed by atoms with Crippen molar-refractivity contribution in [1.29, 1.82) is 0 Å². The number of rotatable bonds is 5. The zero-order valence-corrected chi connectivity index (χ0v) is 11.4. The zero-order chi connectivity index (χ0) is 13.0. The van der Waals surface area contributed by atoms with Crippen molar-refractivity contribution < 1.29 is 9.47 Å². The summed E-state index contributed by atoms with van der Waals surface area (Å²) in [5.74, 6) is 1.86. The van der Waals surface area contributed by atoms with Crippen LogP contribution in [0.1, 0.15) is 18.0 Å². The third-order valence-electron chi connectivity index (χ3n) is 3.21. The maximum absolute atomic E-state index is 5.67. The number of hydrogen-bond acceptors (Lipinski definition) is 4. The van der Waals surface area contributed by atoms with Crippen LogP contribution in [0.4, 0.5) is 0 Å². The molecule has 1 atom stereocenters. The fourth-order valence-electron chi connectivity index (χ4n) is 2.17. The molecular formula is C14H22N2O2. The van der Waals surface area contributed by atoms with Gasteiger partial charge in [-0.15, -0.1) is 0 Å². The van der Waals surface area contributed by atoms with Gasteiger partial charge in [-0.25, -0.2) is 0 Å². The van der Waals surface area contributed by atoms with E-state index in [9.17, 15) is 0 Å². The van der Waals surface area contributed by atoms with Gasteiger partial charge in [-0.1, -0.05) is 0 Å². The van der Waals surface area contributed by atoms with Crippen molar-refractivity contribution in [3.63, 3.8) is 0 Å². The quantitative estimate of drug-likeness (QED) is 0.862. The minimum Gasteiger partial charge on any atom is -0.497 e. The van der Waals surface area contributed by atoms with Gasteiger partial charge < -0.3 is 19.7 Å². The molecule has 0 saturated heterocycles. The summed E-state index contributed by atoms with van der Waals surface area (Å²) in [6, 6.07) is 6.38. The lowest BCUT2D eigenvalue weighted by Crippen LogP contribution is -2.32. The van der Waals surface area contributed by atoms with E-state index >= 15 is 0 Å². The lowest BCUT2D eigenvalue weighted by molar-refractivity contribution is 0.248. The zero-order valence-electron chi connectivity index (χ0n) is 11.4. The van der Waals surface area contributed by atoms with Gasteiger partial charge in [-0.05, 0) is 32.3 Å². The van der Waals surface area contributed by atoms with Crippen molar-refractivity contribution in [2.75, 3.05) is 40.9 Å². The summed E-state index contributed by atoms with van der Waals surface area (Å²) in [5, 5.41) is 3.58. The lowest BCUT2D eigenvalue weighted by atomic mass is 10.0. The predicted octanol–water partition coefficient (Wildman–Crippen LogP) is 1.67. The summed E-state index contributed by atoms with van der Waals surface area (Å²) < 4.78 is 11.0. The lowest BCUT2D eigenvalue weighted by Gasteiger charge is -2.27. The molecule has 1 unspecified atom stereocenters. The van der Waals surface area contributed by atoms with E-state index < -0.39 is 0 Å². The van der Waals surface area contributed by atoms with E-state index in [2.05, 4.69) is 30.4 Å². The summed E-state index contributed by atoms with van der Waals surface area (Å²) >= 11 is 0. The van der Waals surface area contributed by atoms with Crippen LogP contribution in [0.2, 0.25) is 0 Å². The molecule has 100 valence electrons. The highest BCUT2D eigenvalue weighted by molar-refractivity contribution is 5.43. The third-order valence-corrected chi connectivity index (χ3v) is 3.21. The van der Waals surface area contributed by atoms with E-state index in [4.69, 9.17) is 9.47 Å². The molecule has 0 aliphatic carbocycles. The van der Waals surface area contributed by atoms with Crippen molar-refractivity contribution in [1.82, 2.24) is 10.2 Å². The number of fused-ring (bicyclic) bond motifs is 1. The second-order valence-corrected chi connectivity index (χ2v) is 4.85. The summed E-state index contributed by atoms with van der Waals surface area (Å²) in [7, 11) is 5.87. The highest BCUT2D eigenvalue weighted by Gasteiger charge is 2.21. The van der Waals surface area contributed by atoms with Crippen LogP contribution in [0.3, 0.4) is 0 Å². The molecule has 1 aliphatic rings. The van der Waals surface area contributed by atoms with E-state index in [0.717, 1.165) is 37.6 Å². The Morgan fingerprint density at radius 2 is 2.28 bits per heavy atom. The van der Waals surface area contributed by atoms with Crippen molar-refractivity contribution in [2.45, 2.75) is 12.5 Å². The topological polar surface area (TPSA) is 33.7 Å². The molecule has 18 heavy (non-hydrogen) atoms. The smallest absolute Gasteiger partial charge is 0.124 e. The number of benzene rings is 1. The van der Waals surface area contributed by atoms with Gasteiger partial charge in [0.25, 0.3) is 0 Å². The fraction of sp³-hybridized carbons (Fsp3) is 0.571. The minimum atomic E-state index is 0.365. The number of ether oxygens (including phenoxy) is 2. The van der Waals surface area contributed by atoms with Gasteiger partial charge in [0.15, 0.2) is 0 Å². The van der Waals surface area contributed by atoms with Crippen molar-refractivity contribution >= 4 is 0 Å². The third kappa shape index (κ3) is 3.15. The molecule has 0 spiro atoms. The average molecular weight is 250 g/mol. The first-order valence-corrected chi connectivity index (χ1v) is 6.39. The van der Waals surface area contributed by atoms with Gasteiger partial charge in [-0.3, -0.25) is 0 Å². The van der Waals surface area contributed by atoms with Gasteiger partial charge in [-0.2, -0.15) is 0 Å². The van der Waals surface area contributed by atoms with E-state index in [0.29, 0.717) is 6.04 Å². The molecule has 1 N–H and O–H groups in total. The largest absolute Gasteiger partial charge is 0.497 e. The minimum absolute atomic E-state index is 0.365. The molecule has 0 saturated carbocycles. The predicted molar refractivity (Wildman–Crippen MR) is 72.4 cm³/mol. The summed E-state index contributed by atoms with van der Waals surface area (Å²) in [6.07, 6.45) is 1.01. The van der Waals surface area contributed by atoms with Crippen LogP contribution in [0, 0.1) is 0 Å². The Bertz CT molecular complexity index is 393. The van der Waals surface area contributed by atoms with Crippen molar-refractivity contribution in [3.05, 3.63) is 23.8 Å². The Hall–Kier alpha value is -1.26. The van der Waals surface area contributed by atoms with Crippen LogP contribution in [-0.2, 0) is 0 Å². The average Bonchev–Trinajstić information content (AvgIpc) is 2.38. The van der Waals surface area contributed by atoms with Crippen LogP contribution in [0.15, 0.2) is 18.2 Å². The van der Waals surface area contributed by atoms with Crippen LogP contribution < -0.4 is 14.8 Å². The molecule has 2 rings (SSSR count). The summed E-state index contributed by atoms with van der Waals surface area (Å²) in [6.45, 7) is 2.80. The van der Waals surface area contributed by atoms with E-state index in [1.54, 1.807) is 7.11 Å². The van der Waals surface area contributed by atoms with Gasteiger partial charge >= 0.3 is 0 Å². The molecule has 4 nitrogen and oxygen atoms in total. The molecule has 1 aliphatic heterocycles. The monoisotopic (exact) mass is 250 g/mol. The summed E-state index contributed by atoms with van der Waals surface area (Å²) in [5.41, 5.74) is 1.21. The first kappa shape index (κ1) is 13.2. The Morgan fingerprint density at radius 3 is 3.00 bits per heavy atom.